The Bertz CT molecular complexity index is 641. The van der Waals surface area contributed by atoms with Crippen LogP contribution in [0, 0.1) is 17.7 Å². The van der Waals surface area contributed by atoms with Crippen LogP contribution < -0.4 is 0 Å². The number of hydrogen-bond donors (Lipinski definition) is 1. The molecule has 23 heavy (non-hydrogen) atoms. The fourth-order valence-electron chi connectivity index (χ4n) is 3.65. The predicted molar refractivity (Wildman–Crippen MR) is 87.7 cm³/mol. The number of rotatable bonds is 3. The van der Waals surface area contributed by atoms with Crippen LogP contribution in [0.4, 0.5) is 4.39 Å². The number of amides is 1. The Balaban J connectivity index is 1.62. The molecule has 1 aliphatic heterocycles. The summed E-state index contributed by atoms with van der Waals surface area (Å²) >= 11 is 0. The highest BCUT2D eigenvalue weighted by Crippen LogP contribution is 2.33. The minimum Gasteiger partial charge on any atom is -0.505 e. The molecule has 124 valence electrons. The maximum atomic E-state index is 13.4. The average Bonchev–Trinajstić information content (AvgIpc) is 2.82. The summed E-state index contributed by atoms with van der Waals surface area (Å²) in [6.45, 7) is 5.56. The Morgan fingerprint density at radius 2 is 2.04 bits per heavy atom. The summed E-state index contributed by atoms with van der Waals surface area (Å²) in [6, 6.07) is 2.51. The summed E-state index contributed by atoms with van der Waals surface area (Å²) in [4.78, 5) is 14.1. The third kappa shape index (κ3) is 3.26. The van der Waals surface area contributed by atoms with Crippen LogP contribution >= 0.6 is 0 Å². The Kier molecular flexibility index (Phi) is 4.42. The van der Waals surface area contributed by atoms with Gasteiger partial charge in [0.2, 0.25) is 0 Å². The quantitative estimate of drug-likeness (QED) is 0.846. The number of hydrogen-bond acceptors (Lipinski definition) is 2. The Labute approximate surface area is 136 Å². The van der Waals surface area contributed by atoms with Gasteiger partial charge >= 0.3 is 0 Å². The topological polar surface area (TPSA) is 40.5 Å². The van der Waals surface area contributed by atoms with Crippen molar-refractivity contribution in [2.24, 2.45) is 11.8 Å². The molecule has 0 bridgehead atoms. The zero-order valence-corrected chi connectivity index (χ0v) is 13.8. The lowest BCUT2D eigenvalue weighted by Crippen LogP contribution is -2.24. The van der Waals surface area contributed by atoms with E-state index in [0.717, 1.165) is 24.7 Å². The largest absolute Gasteiger partial charge is 0.505 e. The monoisotopic (exact) mass is 317 g/mol. The Hall–Kier alpha value is -1.84. The first kappa shape index (κ1) is 16.0. The molecule has 1 saturated carbocycles. The van der Waals surface area contributed by atoms with Gasteiger partial charge in [-0.3, -0.25) is 4.79 Å². The third-order valence-corrected chi connectivity index (χ3v) is 5.27. The molecular weight excluding hydrogens is 293 g/mol. The van der Waals surface area contributed by atoms with Gasteiger partial charge in [0.1, 0.15) is 0 Å². The summed E-state index contributed by atoms with van der Waals surface area (Å²) in [5, 5.41) is 9.43. The lowest BCUT2D eigenvalue weighted by Gasteiger charge is -2.27. The van der Waals surface area contributed by atoms with Gasteiger partial charge in [-0.1, -0.05) is 25.5 Å². The van der Waals surface area contributed by atoms with Gasteiger partial charge in [-0.25, -0.2) is 4.39 Å². The molecule has 1 amide bonds. The van der Waals surface area contributed by atoms with E-state index in [1.54, 1.807) is 4.90 Å². The van der Waals surface area contributed by atoms with Crippen molar-refractivity contribution in [1.82, 2.24) is 4.90 Å². The van der Waals surface area contributed by atoms with Crippen LogP contribution in [0.2, 0.25) is 0 Å². The highest BCUT2D eigenvalue weighted by Gasteiger charge is 2.28. The maximum Gasteiger partial charge on any atom is 0.254 e. The smallest absolute Gasteiger partial charge is 0.254 e. The predicted octanol–water partition coefficient (Wildman–Crippen LogP) is 4.26. The summed E-state index contributed by atoms with van der Waals surface area (Å²) in [5.74, 6) is 0.320. The number of carbonyl (C=O) groups excluding carboxylic acids is 1. The van der Waals surface area contributed by atoms with E-state index >= 15 is 0 Å². The van der Waals surface area contributed by atoms with Gasteiger partial charge in [-0.05, 0) is 55.2 Å². The van der Waals surface area contributed by atoms with E-state index < -0.39 is 11.6 Å². The van der Waals surface area contributed by atoms with Crippen molar-refractivity contribution < 1.29 is 14.3 Å². The first-order valence-electron chi connectivity index (χ1n) is 8.44. The minimum atomic E-state index is -0.663. The molecule has 2 aliphatic rings. The number of fused-ring (bicyclic) bond motifs is 1. The summed E-state index contributed by atoms with van der Waals surface area (Å²) in [6.07, 6.45) is 6.87. The highest BCUT2D eigenvalue weighted by atomic mass is 19.1. The molecule has 1 N–H and O–H groups in total. The number of aromatic hydroxyl groups is 1. The first-order valence-corrected chi connectivity index (χ1v) is 8.44. The third-order valence-electron chi connectivity index (χ3n) is 5.27. The highest BCUT2D eigenvalue weighted by molar-refractivity contribution is 5.98. The van der Waals surface area contributed by atoms with Crippen LogP contribution in [0.25, 0.3) is 0 Å². The van der Waals surface area contributed by atoms with Gasteiger partial charge in [0, 0.05) is 18.7 Å². The molecule has 1 aromatic carbocycles. The Morgan fingerprint density at radius 1 is 1.35 bits per heavy atom. The van der Waals surface area contributed by atoms with Crippen LogP contribution in [-0.2, 0) is 6.54 Å². The van der Waals surface area contributed by atoms with Crippen molar-refractivity contribution in [3.63, 3.8) is 0 Å². The molecule has 1 aliphatic carbocycles. The zero-order chi connectivity index (χ0) is 16.6. The van der Waals surface area contributed by atoms with Crippen molar-refractivity contribution >= 4 is 5.91 Å². The second-order valence-electron chi connectivity index (χ2n) is 7.09. The van der Waals surface area contributed by atoms with Crippen LogP contribution in [0.3, 0.4) is 0 Å². The molecule has 1 fully saturated rings. The summed E-state index contributed by atoms with van der Waals surface area (Å²) in [7, 11) is 0. The van der Waals surface area contributed by atoms with Gasteiger partial charge in [-0.2, -0.15) is 0 Å². The van der Waals surface area contributed by atoms with Crippen LogP contribution in [-0.4, -0.2) is 22.5 Å². The first-order chi connectivity index (χ1) is 11.0. The average molecular weight is 317 g/mol. The van der Waals surface area contributed by atoms with Crippen molar-refractivity contribution in [2.75, 3.05) is 6.54 Å². The summed E-state index contributed by atoms with van der Waals surface area (Å²) in [5.41, 5.74) is 2.51. The maximum absolute atomic E-state index is 13.4. The number of halogens is 1. The zero-order valence-electron chi connectivity index (χ0n) is 13.8. The molecule has 0 atom stereocenters. The molecule has 0 spiro atoms. The van der Waals surface area contributed by atoms with Gasteiger partial charge in [-0.15, -0.1) is 0 Å². The van der Waals surface area contributed by atoms with Gasteiger partial charge in [0.05, 0.1) is 0 Å². The fraction of sp³-hybridized carbons (Fsp3) is 0.526. The molecular formula is C19H24FNO2. The minimum absolute atomic E-state index is 0.122. The standard InChI is InChI=1S/C19H24FNO2/c1-12(2)14-5-3-13(4-6-14)7-8-21-11-15-9-17(20)18(22)10-16(15)19(21)23/h7,9-10,12,14,22H,3-6,8,11H2,1-2H3. The molecule has 0 radical (unpaired) electrons. The van der Waals surface area contributed by atoms with E-state index in [4.69, 9.17) is 0 Å². The molecule has 3 rings (SSSR count). The molecule has 0 unspecified atom stereocenters. The van der Waals surface area contributed by atoms with E-state index in [9.17, 15) is 14.3 Å². The van der Waals surface area contributed by atoms with Gasteiger partial charge in [0.15, 0.2) is 11.6 Å². The van der Waals surface area contributed by atoms with Crippen molar-refractivity contribution in [3.05, 3.63) is 40.7 Å². The normalized spacial score (nSPS) is 21.0. The lowest BCUT2D eigenvalue weighted by atomic mass is 9.79. The molecule has 4 heteroatoms. The van der Waals surface area contributed by atoms with E-state index in [1.807, 2.05) is 0 Å². The van der Waals surface area contributed by atoms with Crippen molar-refractivity contribution in [3.8, 4) is 5.75 Å². The number of benzene rings is 1. The van der Waals surface area contributed by atoms with Crippen LogP contribution in [0.1, 0.15) is 55.5 Å². The van der Waals surface area contributed by atoms with E-state index in [-0.39, 0.29) is 5.91 Å². The van der Waals surface area contributed by atoms with Crippen molar-refractivity contribution in [1.29, 1.82) is 0 Å². The molecule has 0 saturated heterocycles. The molecule has 1 aromatic rings. The number of carbonyl (C=O) groups is 1. The lowest BCUT2D eigenvalue weighted by molar-refractivity contribution is 0.0795. The number of phenols is 1. The number of nitrogens with zero attached hydrogens (tertiary/aromatic N) is 1. The van der Waals surface area contributed by atoms with Crippen LogP contribution in [0.15, 0.2) is 23.8 Å². The van der Waals surface area contributed by atoms with E-state index in [1.165, 1.54) is 30.5 Å². The second-order valence-corrected chi connectivity index (χ2v) is 7.09. The van der Waals surface area contributed by atoms with E-state index in [2.05, 4.69) is 19.9 Å². The van der Waals surface area contributed by atoms with E-state index in [0.29, 0.717) is 24.2 Å². The van der Waals surface area contributed by atoms with Gasteiger partial charge < -0.3 is 10.0 Å². The number of allylic oxidation sites excluding steroid dienone is 1. The second kappa shape index (κ2) is 6.34. The van der Waals surface area contributed by atoms with Crippen LogP contribution in [0.5, 0.6) is 5.75 Å². The van der Waals surface area contributed by atoms with Gasteiger partial charge in [0.25, 0.3) is 5.91 Å². The molecule has 3 nitrogen and oxygen atoms in total. The molecule has 0 aromatic heterocycles. The van der Waals surface area contributed by atoms with Crippen molar-refractivity contribution in [2.45, 2.75) is 46.1 Å². The molecule has 1 heterocycles. The fourth-order valence-corrected chi connectivity index (χ4v) is 3.65. The SMILES string of the molecule is CC(C)C1CCC(=CCN2Cc3cc(F)c(O)cc3C2=O)CC1. The number of phenolic OH excluding ortho intramolecular Hbond substituents is 1. The Morgan fingerprint density at radius 3 is 2.70 bits per heavy atom. The summed E-state index contributed by atoms with van der Waals surface area (Å²) < 4.78 is 13.4.